The maximum atomic E-state index is 13.1. The average molecular weight is 551 g/mol. The second-order valence-electron chi connectivity index (χ2n) is 8.05. The topological polar surface area (TPSA) is 58.6 Å². The Hall–Kier alpha value is -1.47. The Morgan fingerprint density at radius 1 is 1.06 bits per heavy atom. The number of ether oxygens (including phenoxy) is 1. The summed E-state index contributed by atoms with van der Waals surface area (Å²) in [6, 6.07) is 9.44. The van der Waals surface area contributed by atoms with Crippen LogP contribution in [0, 0.1) is 0 Å². The number of hydrogen-bond donors (Lipinski definition) is 1. The Morgan fingerprint density at radius 3 is 2.32 bits per heavy atom. The van der Waals surface area contributed by atoms with E-state index in [1.165, 1.54) is 4.90 Å². The van der Waals surface area contributed by atoms with Crippen molar-refractivity contribution < 1.29 is 14.3 Å². The van der Waals surface area contributed by atoms with Gasteiger partial charge in [0.1, 0.15) is 11.8 Å². The summed E-state index contributed by atoms with van der Waals surface area (Å²) in [5, 5.41) is 4.06. The van der Waals surface area contributed by atoms with E-state index in [1.807, 2.05) is 20.8 Å². The number of nitrogens with zero attached hydrogens (tertiary/aromatic N) is 1. The van der Waals surface area contributed by atoms with E-state index in [1.54, 1.807) is 43.3 Å². The van der Waals surface area contributed by atoms with E-state index < -0.39 is 11.6 Å². The number of carbonyl (C=O) groups excluding carboxylic acids is 2. The number of nitrogens with one attached hydrogen (secondary N) is 1. The van der Waals surface area contributed by atoms with Gasteiger partial charge in [0.25, 0.3) is 5.91 Å². The zero-order chi connectivity index (χ0) is 23.3. The highest BCUT2D eigenvalue weighted by Gasteiger charge is 2.29. The molecule has 2 amide bonds. The van der Waals surface area contributed by atoms with Gasteiger partial charge >= 0.3 is 0 Å². The molecule has 2 aromatic rings. The first kappa shape index (κ1) is 25.8. The van der Waals surface area contributed by atoms with E-state index in [-0.39, 0.29) is 25.0 Å². The van der Waals surface area contributed by atoms with Gasteiger partial charge in [-0.05, 0) is 63.6 Å². The molecule has 0 saturated heterocycles. The van der Waals surface area contributed by atoms with E-state index in [0.717, 1.165) is 10.0 Å². The van der Waals surface area contributed by atoms with Gasteiger partial charge in [-0.15, -0.1) is 0 Å². The molecule has 5 nitrogen and oxygen atoms in total. The van der Waals surface area contributed by atoms with Crippen molar-refractivity contribution in [3.8, 4) is 5.75 Å². The molecule has 31 heavy (non-hydrogen) atoms. The zero-order valence-corrected chi connectivity index (χ0v) is 21.5. The van der Waals surface area contributed by atoms with Crippen LogP contribution in [0.2, 0.25) is 15.1 Å². The minimum absolute atomic E-state index is 0.159. The molecule has 0 fully saturated rings. The third-order valence-corrected chi connectivity index (χ3v) is 5.78. The molecule has 0 aliphatic carbocycles. The SMILES string of the molecule is C[C@H](C(=O)NC(C)(C)C)N(Cc1ccc(Cl)c(Cl)c1)C(=O)COc1ccc(Br)cc1Cl. The maximum absolute atomic E-state index is 13.1. The van der Waals surface area contributed by atoms with Crippen LogP contribution < -0.4 is 10.1 Å². The van der Waals surface area contributed by atoms with Crippen molar-refractivity contribution in [2.45, 2.75) is 45.8 Å². The van der Waals surface area contributed by atoms with Crippen molar-refractivity contribution >= 4 is 62.5 Å². The van der Waals surface area contributed by atoms with Crippen molar-refractivity contribution in [1.82, 2.24) is 10.2 Å². The fourth-order valence-corrected chi connectivity index (χ4v) is 3.75. The lowest BCUT2D eigenvalue weighted by molar-refractivity contribution is -0.142. The predicted molar refractivity (Wildman–Crippen MR) is 129 cm³/mol. The third kappa shape index (κ3) is 7.86. The number of benzene rings is 2. The first-order chi connectivity index (χ1) is 14.4. The molecule has 0 aliphatic rings. The van der Waals surface area contributed by atoms with Crippen LogP contribution in [0.3, 0.4) is 0 Å². The van der Waals surface area contributed by atoms with Gasteiger partial charge in [-0.2, -0.15) is 0 Å². The highest BCUT2D eigenvalue weighted by molar-refractivity contribution is 9.10. The number of rotatable bonds is 7. The van der Waals surface area contributed by atoms with Crippen LogP contribution in [0.25, 0.3) is 0 Å². The van der Waals surface area contributed by atoms with E-state index in [4.69, 9.17) is 39.5 Å². The zero-order valence-electron chi connectivity index (χ0n) is 17.6. The average Bonchev–Trinajstić information content (AvgIpc) is 2.66. The lowest BCUT2D eigenvalue weighted by Crippen LogP contribution is -2.53. The van der Waals surface area contributed by atoms with Crippen molar-refractivity contribution in [2.24, 2.45) is 0 Å². The molecular weight excluding hydrogens is 527 g/mol. The standard InChI is InChI=1S/C22H24BrCl3N2O3/c1-13(21(30)27-22(2,3)4)28(11-14-5-7-16(24)17(25)9-14)20(29)12-31-19-8-6-15(23)10-18(19)26/h5-10,13H,11-12H2,1-4H3,(H,27,30)/t13-/m1/s1. The molecule has 2 aromatic carbocycles. The summed E-state index contributed by atoms with van der Waals surface area (Å²) in [5.74, 6) is -0.274. The van der Waals surface area contributed by atoms with Crippen LogP contribution in [0.15, 0.2) is 40.9 Å². The highest BCUT2D eigenvalue weighted by Crippen LogP contribution is 2.28. The first-order valence-corrected chi connectivity index (χ1v) is 11.4. The Balaban J connectivity index is 2.23. The van der Waals surface area contributed by atoms with Gasteiger partial charge in [0, 0.05) is 16.6 Å². The summed E-state index contributed by atoms with van der Waals surface area (Å²) >= 11 is 21.6. The van der Waals surface area contributed by atoms with E-state index in [2.05, 4.69) is 21.2 Å². The minimum atomic E-state index is -0.745. The molecule has 0 aromatic heterocycles. The first-order valence-electron chi connectivity index (χ1n) is 9.50. The third-order valence-electron chi connectivity index (χ3n) is 4.25. The summed E-state index contributed by atoms with van der Waals surface area (Å²) in [6.45, 7) is 7.18. The van der Waals surface area contributed by atoms with Crippen LogP contribution in [0.5, 0.6) is 5.75 Å². The molecule has 0 bridgehead atoms. The molecule has 0 radical (unpaired) electrons. The van der Waals surface area contributed by atoms with Crippen molar-refractivity contribution in [2.75, 3.05) is 6.61 Å². The van der Waals surface area contributed by atoms with E-state index >= 15 is 0 Å². The normalized spacial score (nSPS) is 12.3. The lowest BCUT2D eigenvalue weighted by atomic mass is 10.1. The number of amides is 2. The van der Waals surface area contributed by atoms with Gasteiger partial charge in [0.2, 0.25) is 5.91 Å². The summed E-state index contributed by atoms with van der Waals surface area (Å²) in [4.78, 5) is 27.3. The Bertz CT molecular complexity index is 964. The largest absolute Gasteiger partial charge is 0.482 e. The van der Waals surface area contributed by atoms with Gasteiger partial charge in [-0.3, -0.25) is 9.59 Å². The molecule has 1 N–H and O–H groups in total. The minimum Gasteiger partial charge on any atom is -0.482 e. The molecule has 0 heterocycles. The van der Waals surface area contributed by atoms with Crippen LogP contribution in [-0.2, 0) is 16.1 Å². The fraction of sp³-hybridized carbons (Fsp3) is 0.364. The van der Waals surface area contributed by atoms with Crippen LogP contribution in [0.1, 0.15) is 33.3 Å². The van der Waals surface area contributed by atoms with Gasteiger partial charge in [-0.1, -0.05) is 56.8 Å². The maximum Gasteiger partial charge on any atom is 0.261 e. The van der Waals surface area contributed by atoms with Gasteiger partial charge in [0.05, 0.1) is 15.1 Å². The molecule has 0 saturated carbocycles. The lowest BCUT2D eigenvalue weighted by Gasteiger charge is -2.31. The second kappa shape index (κ2) is 10.9. The van der Waals surface area contributed by atoms with Crippen LogP contribution in [0.4, 0.5) is 0 Å². The molecule has 168 valence electrons. The molecule has 1 atom stereocenters. The fourth-order valence-electron chi connectivity index (χ4n) is 2.71. The van der Waals surface area contributed by atoms with Crippen molar-refractivity contribution in [1.29, 1.82) is 0 Å². The molecular formula is C22H24BrCl3N2O3. The summed E-state index contributed by atoms with van der Waals surface area (Å²) in [6.07, 6.45) is 0. The summed E-state index contributed by atoms with van der Waals surface area (Å²) in [5.41, 5.74) is 0.297. The second-order valence-corrected chi connectivity index (χ2v) is 10.2. The number of hydrogen-bond acceptors (Lipinski definition) is 3. The van der Waals surface area contributed by atoms with Gasteiger partial charge in [-0.25, -0.2) is 0 Å². The van der Waals surface area contributed by atoms with E-state index in [0.29, 0.717) is 20.8 Å². The van der Waals surface area contributed by atoms with Gasteiger partial charge < -0.3 is 15.0 Å². The van der Waals surface area contributed by atoms with Crippen molar-refractivity contribution in [3.63, 3.8) is 0 Å². The quantitative estimate of drug-likeness (QED) is 0.452. The molecule has 0 spiro atoms. The Labute approximate surface area is 206 Å². The summed E-state index contributed by atoms with van der Waals surface area (Å²) in [7, 11) is 0. The summed E-state index contributed by atoms with van der Waals surface area (Å²) < 4.78 is 6.42. The molecule has 9 heteroatoms. The van der Waals surface area contributed by atoms with Crippen LogP contribution >= 0.6 is 50.7 Å². The molecule has 0 aliphatic heterocycles. The van der Waals surface area contributed by atoms with Crippen molar-refractivity contribution in [3.05, 3.63) is 61.5 Å². The van der Waals surface area contributed by atoms with Gasteiger partial charge in [0.15, 0.2) is 6.61 Å². The van der Waals surface area contributed by atoms with Crippen LogP contribution in [-0.4, -0.2) is 34.9 Å². The number of halogens is 4. The predicted octanol–water partition coefficient (Wildman–Crippen LogP) is 6.12. The Kier molecular flexibility index (Phi) is 9.07. The monoisotopic (exact) mass is 548 g/mol. The smallest absolute Gasteiger partial charge is 0.261 e. The molecule has 0 unspecified atom stereocenters. The Morgan fingerprint density at radius 2 is 1.74 bits per heavy atom. The highest BCUT2D eigenvalue weighted by atomic mass is 79.9. The van der Waals surface area contributed by atoms with E-state index in [9.17, 15) is 9.59 Å². The molecule has 2 rings (SSSR count). The number of carbonyl (C=O) groups is 2.